The maximum Gasteiger partial charge on any atom is 0.271 e. The van der Waals surface area contributed by atoms with Crippen molar-refractivity contribution in [1.82, 2.24) is 10.7 Å². The van der Waals surface area contributed by atoms with Crippen molar-refractivity contribution in [3.05, 3.63) is 131 Å². The lowest BCUT2D eigenvalue weighted by Crippen LogP contribution is -2.28. The van der Waals surface area contributed by atoms with E-state index < -0.39 is 5.91 Å². The van der Waals surface area contributed by atoms with Crippen LogP contribution < -0.4 is 15.5 Å². The molecule has 0 saturated carbocycles. The van der Waals surface area contributed by atoms with Crippen molar-refractivity contribution in [2.75, 3.05) is 6.61 Å². The monoisotopic (exact) mass is 563 g/mol. The molecule has 0 radical (unpaired) electrons. The summed E-state index contributed by atoms with van der Waals surface area (Å²) in [5.41, 5.74) is 6.65. The summed E-state index contributed by atoms with van der Waals surface area (Å²) in [6, 6.07) is 33.3. The van der Waals surface area contributed by atoms with E-state index in [0.29, 0.717) is 12.3 Å². The number of phenolic OH excluding ortho intramolecular Hbond substituents is 1. The Labute approximate surface area is 242 Å². The molecule has 0 aliphatic heterocycles. The first kappa shape index (κ1) is 27.4. The Morgan fingerprint density at radius 1 is 0.854 bits per heavy atom. The molecule has 0 fully saturated rings. The van der Waals surface area contributed by atoms with Crippen LogP contribution in [0.3, 0.4) is 0 Å². The van der Waals surface area contributed by atoms with Crippen LogP contribution in [0.5, 0.6) is 11.5 Å². The Balaban J connectivity index is 1.22. The van der Waals surface area contributed by atoms with Crippen molar-refractivity contribution >= 4 is 40.4 Å². The van der Waals surface area contributed by atoms with Crippen LogP contribution in [-0.4, -0.2) is 29.7 Å². The van der Waals surface area contributed by atoms with E-state index in [1.54, 1.807) is 12.1 Å². The maximum absolute atomic E-state index is 12.7. The SMILES string of the molecule is O=C(COc1ccc(C=NNC(=O)c2ccc(O)c(Cl)c2)c2ccccc12)NCc1ccccc1-c1ccccc1. The molecule has 5 aromatic rings. The number of ether oxygens (including phenoxy) is 1. The number of halogens is 1. The van der Waals surface area contributed by atoms with Gasteiger partial charge in [-0.15, -0.1) is 0 Å². The Bertz CT molecular complexity index is 1740. The Kier molecular flexibility index (Phi) is 8.57. The van der Waals surface area contributed by atoms with Crippen LogP contribution in [0, 0.1) is 0 Å². The number of hydrogen-bond donors (Lipinski definition) is 3. The van der Waals surface area contributed by atoms with Crippen LogP contribution in [0.2, 0.25) is 5.02 Å². The quantitative estimate of drug-likeness (QED) is 0.144. The smallest absolute Gasteiger partial charge is 0.271 e. The zero-order valence-corrected chi connectivity index (χ0v) is 22.6. The number of aromatic hydroxyl groups is 1. The van der Waals surface area contributed by atoms with Gasteiger partial charge < -0.3 is 15.2 Å². The standard InChI is InChI=1S/C33H26ClN3O4/c34-29-18-23(14-16-30(29)38)33(40)37-36-20-25-15-17-31(28-13-7-6-12-27(25)28)41-21-32(39)35-19-24-10-4-5-11-26(24)22-8-2-1-3-9-22/h1-18,20,38H,19,21H2,(H,35,39)(H,37,40). The molecule has 0 saturated heterocycles. The van der Waals surface area contributed by atoms with Crippen molar-refractivity contribution in [3.63, 3.8) is 0 Å². The molecule has 204 valence electrons. The number of nitrogens with zero attached hydrogens (tertiary/aromatic N) is 1. The molecule has 0 aliphatic rings. The Morgan fingerprint density at radius 3 is 2.39 bits per heavy atom. The second-order valence-electron chi connectivity index (χ2n) is 9.15. The highest BCUT2D eigenvalue weighted by atomic mass is 35.5. The van der Waals surface area contributed by atoms with Crippen molar-refractivity contribution in [1.29, 1.82) is 0 Å². The minimum absolute atomic E-state index is 0.0777. The van der Waals surface area contributed by atoms with Gasteiger partial charge in [0.1, 0.15) is 11.5 Å². The molecule has 0 heterocycles. The van der Waals surface area contributed by atoms with E-state index in [-0.39, 0.29) is 28.8 Å². The molecule has 2 amide bonds. The molecule has 41 heavy (non-hydrogen) atoms. The van der Waals surface area contributed by atoms with Gasteiger partial charge in [-0.3, -0.25) is 9.59 Å². The first-order valence-corrected chi connectivity index (χ1v) is 13.2. The predicted octanol–water partition coefficient (Wildman–Crippen LogP) is 6.32. The lowest BCUT2D eigenvalue weighted by molar-refractivity contribution is -0.123. The lowest BCUT2D eigenvalue weighted by atomic mass is 10.00. The second kappa shape index (κ2) is 12.8. The van der Waals surface area contributed by atoms with Gasteiger partial charge in [0.15, 0.2) is 6.61 Å². The van der Waals surface area contributed by atoms with Crippen molar-refractivity contribution in [2.45, 2.75) is 6.54 Å². The summed E-state index contributed by atoms with van der Waals surface area (Å²) in [4.78, 5) is 25.1. The minimum Gasteiger partial charge on any atom is -0.506 e. The number of phenols is 1. The van der Waals surface area contributed by atoms with Gasteiger partial charge in [0.25, 0.3) is 11.8 Å². The summed E-state index contributed by atoms with van der Waals surface area (Å²) < 4.78 is 5.90. The van der Waals surface area contributed by atoms with Crippen LogP contribution in [-0.2, 0) is 11.3 Å². The topological polar surface area (TPSA) is 100 Å². The molecule has 0 unspecified atom stereocenters. The number of benzene rings is 5. The molecular weight excluding hydrogens is 538 g/mol. The Morgan fingerprint density at radius 2 is 1.59 bits per heavy atom. The minimum atomic E-state index is -0.468. The van der Waals surface area contributed by atoms with Crippen LogP contribution in [0.1, 0.15) is 21.5 Å². The molecule has 0 aromatic heterocycles. The van der Waals surface area contributed by atoms with E-state index in [4.69, 9.17) is 16.3 Å². The van der Waals surface area contributed by atoms with Crippen molar-refractivity contribution in [2.24, 2.45) is 5.10 Å². The zero-order valence-electron chi connectivity index (χ0n) is 21.9. The first-order chi connectivity index (χ1) is 20.0. The van der Waals surface area contributed by atoms with Crippen LogP contribution >= 0.6 is 11.6 Å². The normalized spacial score (nSPS) is 11.0. The van der Waals surface area contributed by atoms with E-state index in [0.717, 1.165) is 33.0 Å². The third-order valence-corrected chi connectivity index (χ3v) is 6.74. The number of carbonyl (C=O) groups is 2. The van der Waals surface area contributed by atoms with E-state index in [1.165, 1.54) is 24.4 Å². The summed E-state index contributed by atoms with van der Waals surface area (Å²) >= 11 is 5.88. The van der Waals surface area contributed by atoms with Crippen molar-refractivity contribution < 1.29 is 19.4 Å². The molecular formula is C33H26ClN3O4. The molecule has 0 atom stereocenters. The molecule has 5 rings (SSSR count). The van der Waals surface area contributed by atoms with Gasteiger partial charge in [0.2, 0.25) is 0 Å². The maximum atomic E-state index is 12.7. The largest absolute Gasteiger partial charge is 0.506 e. The fourth-order valence-corrected chi connectivity index (χ4v) is 4.55. The predicted molar refractivity (Wildman–Crippen MR) is 161 cm³/mol. The van der Waals surface area contributed by atoms with Gasteiger partial charge in [0, 0.05) is 23.1 Å². The van der Waals surface area contributed by atoms with Gasteiger partial charge in [-0.2, -0.15) is 5.10 Å². The number of carbonyl (C=O) groups excluding carboxylic acids is 2. The Hall–Kier alpha value is -5.14. The highest BCUT2D eigenvalue weighted by molar-refractivity contribution is 6.32. The highest BCUT2D eigenvalue weighted by Gasteiger charge is 2.11. The third kappa shape index (κ3) is 6.72. The summed E-state index contributed by atoms with van der Waals surface area (Å²) in [5, 5.41) is 18.3. The summed E-state index contributed by atoms with van der Waals surface area (Å²) in [6.45, 7) is 0.238. The van der Waals surface area contributed by atoms with Gasteiger partial charge in [-0.25, -0.2) is 5.43 Å². The first-order valence-electron chi connectivity index (χ1n) is 12.9. The second-order valence-corrected chi connectivity index (χ2v) is 9.56. The number of fused-ring (bicyclic) bond motifs is 1. The average molecular weight is 564 g/mol. The number of hydrogen-bond acceptors (Lipinski definition) is 5. The molecule has 7 nitrogen and oxygen atoms in total. The number of hydrazone groups is 1. The third-order valence-electron chi connectivity index (χ3n) is 6.43. The fourth-order valence-electron chi connectivity index (χ4n) is 4.37. The van der Waals surface area contributed by atoms with E-state index in [2.05, 4.69) is 15.8 Å². The number of nitrogens with one attached hydrogen (secondary N) is 2. The summed E-state index contributed by atoms with van der Waals surface area (Å²) in [5.74, 6) is -0.254. The van der Waals surface area contributed by atoms with Gasteiger partial charge >= 0.3 is 0 Å². The van der Waals surface area contributed by atoms with Gasteiger partial charge in [-0.1, -0.05) is 90.5 Å². The fraction of sp³-hybridized carbons (Fsp3) is 0.0606. The molecule has 8 heteroatoms. The lowest BCUT2D eigenvalue weighted by Gasteiger charge is -2.13. The molecule has 0 aliphatic carbocycles. The summed E-state index contributed by atoms with van der Waals surface area (Å²) in [6.07, 6.45) is 1.53. The molecule has 3 N–H and O–H groups in total. The number of rotatable bonds is 9. The van der Waals surface area contributed by atoms with E-state index in [9.17, 15) is 14.7 Å². The average Bonchev–Trinajstić information content (AvgIpc) is 3.01. The molecule has 0 bridgehead atoms. The number of amides is 2. The van der Waals surface area contributed by atoms with Gasteiger partial charge in [0.05, 0.1) is 11.2 Å². The van der Waals surface area contributed by atoms with Crippen LogP contribution in [0.4, 0.5) is 0 Å². The van der Waals surface area contributed by atoms with Crippen LogP contribution in [0.25, 0.3) is 21.9 Å². The van der Waals surface area contributed by atoms with Crippen LogP contribution in [0.15, 0.2) is 114 Å². The van der Waals surface area contributed by atoms with Crippen molar-refractivity contribution in [3.8, 4) is 22.6 Å². The van der Waals surface area contributed by atoms with E-state index in [1.807, 2.05) is 78.9 Å². The molecule has 5 aromatic carbocycles. The van der Waals surface area contributed by atoms with E-state index >= 15 is 0 Å². The van der Waals surface area contributed by atoms with Gasteiger partial charge in [-0.05, 0) is 52.4 Å². The highest BCUT2D eigenvalue weighted by Crippen LogP contribution is 2.28. The zero-order chi connectivity index (χ0) is 28.6. The summed E-state index contributed by atoms with van der Waals surface area (Å²) in [7, 11) is 0. The molecule has 0 spiro atoms.